The van der Waals surface area contributed by atoms with Crippen molar-refractivity contribution in [2.24, 2.45) is 0 Å². The van der Waals surface area contributed by atoms with Crippen molar-refractivity contribution in [1.82, 2.24) is 0 Å². The van der Waals surface area contributed by atoms with E-state index < -0.39 is 7.60 Å². The third-order valence-corrected chi connectivity index (χ3v) is 2.91. The van der Waals surface area contributed by atoms with Crippen molar-refractivity contribution in [1.29, 1.82) is 0 Å². The quantitative estimate of drug-likeness (QED) is 0.527. The van der Waals surface area contributed by atoms with Gasteiger partial charge in [0.05, 0.1) is 6.16 Å². The van der Waals surface area contributed by atoms with E-state index in [9.17, 15) is 13.6 Å². The van der Waals surface area contributed by atoms with Crippen LogP contribution in [-0.2, 0) is 14.0 Å². The highest BCUT2D eigenvalue weighted by atomic mass is 31.2. The Labute approximate surface area is 74.4 Å². The molecule has 0 aromatic carbocycles. The van der Waals surface area contributed by atoms with Crippen molar-refractivity contribution in [3.8, 4) is 0 Å². The van der Waals surface area contributed by atoms with Crippen molar-refractivity contribution in [3.63, 3.8) is 0 Å². The Kier molecular flexibility index (Phi) is 3.78. The third-order valence-electron chi connectivity index (χ3n) is 1.70. The van der Waals surface area contributed by atoms with Gasteiger partial charge in [-0.2, -0.15) is 0 Å². The zero-order valence-electron chi connectivity index (χ0n) is 6.78. The Morgan fingerprint density at radius 1 is 1.38 bits per heavy atom. The highest BCUT2D eigenvalue weighted by Gasteiger charge is 2.28. The number of hydrogen-bond acceptors (Lipinski definition) is 3. The van der Waals surface area contributed by atoms with Crippen LogP contribution in [0.25, 0.3) is 0 Å². The van der Waals surface area contributed by atoms with Crippen LogP contribution in [0.2, 0.25) is 0 Å². The zero-order valence-corrected chi connectivity index (χ0v) is 7.68. The van der Waals surface area contributed by atoms with Gasteiger partial charge < -0.3 is 0 Å². The van der Waals surface area contributed by atoms with Gasteiger partial charge in [0, 0.05) is 0 Å². The fraction of sp³-hybridized carbons (Fsp3) is 0.429. The van der Waals surface area contributed by atoms with Gasteiger partial charge in [-0.15, -0.1) is 9.46 Å². The Morgan fingerprint density at radius 2 is 2.08 bits per heavy atom. The first-order valence-electron chi connectivity index (χ1n) is 3.73. The average Bonchev–Trinajstić information content (AvgIpc) is 2.19. The van der Waals surface area contributed by atoms with E-state index in [2.05, 4.69) is 9.46 Å². The van der Waals surface area contributed by atoms with E-state index in [1.54, 1.807) is 6.08 Å². The minimum Gasteiger partial charge on any atom is -0.254 e. The lowest BCUT2D eigenvalue weighted by atomic mass is 10.1. The molecule has 0 radical (unpaired) electrons. The van der Waals surface area contributed by atoms with E-state index in [0.29, 0.717) is 18.4 Å². The number of halogens is 2. The zero-order chi connectivity index (χ0) is 9.73. The number of rotatable bonds is 4. The molecule has 6 heteroatoms. The second-order valence-corrected chi connectivity index (χ2v) is 4.49. The smallest absolute Gasteiger partial charge is 0.254 e. The van der Waals surface area contributed by atoms with E-state index in [4.69, 9.17) is 0 Å². The molecule has 13 heavy (non-hydrogen) atoms. The summed E-state index contributed by atoms with van der Waals surface area (Å²) < 4.78 is 40.2. The van der Waals surface area contributed by atoms with Gasteiger partial charge in [-0.3, -0.25) is 4.57 Å². The largest absolute Gasteiger partial charge is 0.398 e. The average molecular weight is 210 g/mol. The Bertz CT molecular complexity index is 267. The van der Waals surface area contributed by atoms with E-state index in [1.165, 1.54) is 0 Å². The lowest BCUT2D eigenvalue weighted by molar-refractivity contribution is -0.0867. The Balaban J connectivity index is 2.56. The van der Waals surface area contributed by atoms with Crippen LogP contribution in [0.1, 0.15) is 12.8 Å². The summed E-state index contributed by atoms with van der Waals surface area (Å²) in [6.45, 7) is 0. The molecule has 0 amide bonds. The van der Waals surface area contributed by atoms with E-state index in [0.717, 1.165) is 0 Å². The first kappa shape index (κ1) is 10.6. The summed E-state index contributed by atoms with van der Waals surface area (Å²) in [5.74, 6) is 0. The van der Waals surface area contributed by atoms with Crippen LogP contribution >= 0.6 is 7.60 Å². The fourth-order valence-electron chi connectivity index (χ4n) is 1.09. The number of allylic oxidation sites excluding steroid dienone is 4. The maximum absolute atomic E-state index is 11.6. The van der Waals surface area contributed by atoms with Gasteiger partial charge in [0.15, 0.2) is 0 Å². The molecule has 0 aliphatic heterocycles. The van der Waals surface area contributed by atoms with Crippen LogP contribution in [0.3, 0.4) is 0 Å². The van der Waals surface area contributed by atoms with Crippen molar-refractivity contribution in [2.45, 2.75) is 12.8 Å². The molecule has 3 nitrogen and oxygen atoms in total. The van der Waals surface area contributed by atoms with Crippen LogP contribution in [0.15, 0.2) is 23.8 Å². The first-order chi connectivity index (χ1) is 6.20. The molecule has 0 heterocycles. The number of hydrogen-bond donors (Lipinski definition) is 0. The molecule has 0 saturated carbocycles. The lowest BCUT2D eigenvalue weighted by Gasteiger charge is -2.10. The van der Waals surface area contributed by atoms with Crippen LogP contribution in [-0.4, -0.2) is 6.16 Å². The minimum absolute atomic E-state index is 0.343. The van der Waals surface area contributed by atoms with Gasteiger partial charge in [0.1, 0.15) is 0 Å². The first-order valence-corrected chi connectivity index (χ1v) is 5.45. The van der Waals surface area contributed by atoms with E-state index >= 15 is 0 Å². The van der Waals surface area contributed by atoms with Crippen molar-refractivity contribution in [2.75, 3.05) is 6.16 Å². The molecule has 0 unspecified atom stereocenters. The summed E-state index contributed by atoms with van der Waals surface area (Å²) in [7, 11) is -4.19. The highest BCUT2D eigenvalue weighted by molar-refractivity contribution is 7.53. The van der Waals surface area contributed by atoms with Gasteiger partial charge in [0.2, 0.25) is 0 Å². The van der Waals surface area contributed by atoms with Crippen LogP contribution in [0, 0.1) is 0 Å². The van der Waals surface area contributed by atoms with Gasteiger partial charge in [-0.25, -0.2) is 0 Å². The normalized spacial score (nSPS) is 17.2. The lowest BCUT2D eigenvalue weighted by Crippen LogP contribution is -1.97. The molecule has 0 spiro atoms. The molecule has 74 valence electrons. The summed E-state index contributed by atoms with van der Waals surface area (Å²) in [6.07, 6.45) is 6.33. The summed E-state index contributed by atoms with van der Waals surface area (Å²) in [5.41, 5.74) is 0.654. The molecule has 0 aromatic heterocycles. The third kappa shape index (κ3) is 3.03. The monoisotopic (exact) mass is 210 g/mol. The van der Waals surface area contributed by atoms with Crippen molar-refractivity contribution >= 4 is 7.60 Å². The summed E-state index contributed by atoms with van der Waals surface area (Å²) >= 11 is 0. The Hall–Kier alpha value is -0.510. The van der Waals surface area contributed by atoms with Crippen LogP contribution in [0.5, 0.6) is 0 Å². The molecule has 0 fully saturated rings. The van der Waals surface area contributed by atoms with E-state index in [-0.39, 0.29) is 6.16 Å². The predicted octanol–water partition coefficient (Wildman–Crippen LogP) is 3.26. The van der Waals surface area contributed by atoms with Crippen LogP contribution in [0.4, 0.5) is 9.05 Å². The van der Waals surface area contributed by atoms with E-state index in [1.807, 2.05) is 12.2 Å². The van der Waals surface area contributed by atoms with Gasteiger partial charge in [-0.1, -0.05) is 23.8 Å². The van der Waals surface area contributed by atoms with Crippen molar-refractivity contribution < 1.29 is 23.1 Å². The fourth-order valence-corrected chi connectivity index (χ4v) is 1.96. The summed E-state index contributed by atoms with van der Waals surface area (Å²) in [6, 6.07) is 0. The molecule has 0 atom stereocenters. The molecule has 1 aliphatic rings. The molecule has 0 N–H and O–H groups in total. The molecular formula is C7H9F2O3P. The van der Waals surface area contributed by atoms with Gasteiger partial charge in [0.25, 0.3) is 0 Å². The van der Waals surface area contributed by atoms with Crippen LogP contribution < -0.4 is 0 Å². The summed E-state index contributed by atoms with van der Waals surface area (Å²) in [4.78, 5) is 0. The summed E-state index contributed by atoms with van der Waals surface area (Å²) in [5, 5.41) is 0. The molecule has 0 saturated heterocycles. The maximum atomic E-state index is 11.6. The minimum atomic E-state index is -4.19. The second-order valence-electron chi connectivity index (χ2n) is 2.68. The highest BCUT2D eigenvalue weighted by Crippen LogP contribution is 2.51. The Morgan fingerprint density at radius 3 is 2.54 bits per heavy atom. The predicted molar refractivity (Wildman–Crippen MR) is 43.3 cm³/mol. The molecule has 1 rings (SSSR count). The SMILES string of the molecule is O=P(CC1=CCC=CC1)(OF)OF. The standard InChI is InChI=1S/C7H9F2O3P/c8-11-13(10,12-9)6-7-4-2-1-3-5-7/h1-2,5H,3-4,6H2. The molecule has 0 aromatic rings. The van der Waals surface area contributed by atoms with Gasteiger partial charge in [-0.05, 0) is 21.9 Å². The molecule has 1 aliphatic carbocycles. The molecular weight excluding hydrogens is 201 g/mol. The van der Waals surface area contributed by atoms with Gasteiger partial charge >= 0.3 is 7.60 Å². The molecule has 0 bridgehead atoms. The second kappa shape index (κ2) is 4.65. The van der Waals surface area contributed by atoms with Crippen molar-refractivity contribution in [3.05, 3.63) is 23.8 Å². The maximum Gasteiger partial charge on any atom is 0.398 e. The topological polar surface area (TPSA) is 35.5 Å².